The molecular weight excluding hydrogens is 793 g/mol. The molecule has 0 aliphatic rings. The summed E-state index contributed by atoms with van der Waals surface area (Å²) in [6.45, 7) is 13.7. The Morgan fingerprint density at radius 3 is 0.672 bits per heavy atom. The van der Waals surface area contributed by atoms with Crippen LogP contribution >= 0.6 is 0 Å². The van der Waals surface area contributed by atoms with Crippen LogP contribution < -0.4 is 0 Å². The largest absolute Gasteiger partial charge is 0.462 e. The van der Waals surface area contributed by atoms with Gasteiger partial charge in [-0.15, -0.1) is 0 Å². The molecule has 0 amide bonds. The number of ether oxygens (including phenoxy) is 3. The Balaban J connectivity index is 4.19. The maximum Gasteiger partial charge on any atom is 0.306 e. The molecule has 0 saturated carbocycles. The molecule has 1 atom stereocenters. The first-order chi connectivity index (χ1) is 31.1. The molecule has 0 aliphatic heterocycles. The number of rotatable bonds is 51. The molecule has 0 N–H and O–H groups in total. The Hall–Kier alpha value is -1.59. The van der Waals surface area contributed by atoms with Gasteiger partial charge in [-0.25, -0.2) is 0 Å². The highest BCUT2D eigenvalue weighted by Gasteiger charge is 2.19. The van der Waals surface area contributed by atoms with Gasteiger partial charge in [0.1, 0.15) is 13.2 Å². The van der Waals surface area contributed by atoms with Gasteiger partial charge in [-0.2, -0.15) is 0 Å². The van der Waals surface area contributed by atoms with Crippen LogP contribution in [0.1, 0.15) is 318 Å². The van der Waals surface area contributed by atoms with Crippen molar-refractivity contribution in [3.05, 3.63) is 0 Å². The van der Waals surface area contributed by atoms with Gasteiger partial charge in [0.05, 0.1) is 0 Å². The predicted octanol–water partition coefficient (Wildman–Crippen LogP) is 18.7. The lowest BCUT2D eigenvalue weighted by atomic mass is 10.0. The summed E-state index contributed by atoms with van der Waals surface area (Å²) in [6, 6.07) is 0. The highest BCUT2D eigenvalue weighted by molar-refractivity contribution is 5.71. The topological polar surface area (TPSA) is 78.9 Å². The van der Waals surface area contributed by atoms with E-state index in [2.05, 4.69) is 41.5 Å². The molecule has 6 heteroatoms. The smallest absolute Gasteiger partial charge is 0.306 e. The van der Waals surface area contributed by atoms with Crippen molar-refractivity contribution in [2.24, 2.45) is 17.8 Å². The Bertz CT molecular complexity index is 991. The first-order valence-electron chi connectivity index (χ1n) is 28.6. The lowest BCUT2D eigenvalue weighted by molar-refractivity contribution is -0.167. The molecule has 0 radical (unpaired) electrons. The Morgan fingerprint density at radius 2 is 0.453 bits per heavy atom. The van der Waals surface area contributed by atoms with Crippen molar-refractivity contribution in [2.75, 3.05) is 13.2 Å². The molecule has 0 spiro atoms. The molecule has 64 heavy (non-hydrogen) atoms. The van der Waals surface area contributed by atoms with Crippen LogP contribution in [-0.2, 0) is 28.6 Å². The highest BCUT2D eigenvalue weighted by atomic mass is 16.6. The maximum absolute atomic E-state index is 12.8. The second-order valence-corrected chi connectivity index (χ2v) is 21.4. The number of hydrogen-bond donors (Lipinski definition) is 0. The van der Waals surface area contributed by atoms with Crippen LogP contribution in [0.25, 0.3) is 0 Å². The maximum atomic E-state index is 12.8. The van der Waals surface area contributed by atoms with Crippen molar-refractivity contribution in [3.8, 4) is 0 Å². The van der Waals surface area contributed by atoms with Gasteiger partial charge in [-0.05, 0) is 37.0 Å². The van der Waals surface area contributed by atoms with E-state index in [1.807, 2.05) is 0 Å². The fraction of sp³-hybridized carbons (Fsp3) is 0.948. The SMILES string of the molecule is CC(C)CCCCCCCCCCCCCCCCCCCCC(=O)OC[C@H](COC(=O)CCCCCCCCC(C)C)OC(=O)CCCCCCCCCCCCCCCC(C)C. The average Bonchev–Trinajstić information content (AvgIpc) is 3.25. The number of esters is 3. The summed E-state index contributed by atoms with van der Waals surface area (Å²) in [6.07, 6.45) is 51.2. The number of carbonyl (C=O) groups is 3. The van der Waals surface area contributed by atoms with Crippen LogP contribution in [0, 0.1) is 17.8 Å². The minimum absolute atomic E-state index is 0.0644. The fourth-order valence-electron chi connectivity index (χ4n) is 8.82. The van der Waals surface area contributed by atoms with E-state index >= 15 is 0 Å². The van der Waals surface area contributed by atoms with E-state index < -0.39 is 6.10 Å². The molecule has 0 aromatic heterocycles. The molecule has 0 aromatic carbocycles. The zero-order chi connectivity index (χ0) is 47.0. The molecule has 6 nitrogen and oxygen atoms in total. The Labute approximate surface area is 399 Å². The van der Waals surface area contributed by atoms with Gasteiger partial charge >= 0.3 is 17.9 Å². The summed E-state index contributed by atoms with van der Waals surface area (Å²) in [5, 5.41) is 0. The van der Waals surface area contributed by atoms with E-state index in [-0.39, 0.29) is 31.1 Å². The van der Waals surface area contributed by atoms with Crippen LogP contribution in [0.3, 0.4) is 0 Å². The minimum Gasteiger partial charge on any atom is -0.462 e. The Morgan fingerprint density at radius 1 is 0.266 bits per heavy atom. The lowest BCUT2D eigenvalue weighted by Gasteiger charge is -2.18. The first kappa shape index (κ1) is 62.4. The van der Waals surface area contributed by atoms with Crippen molar-refractivity contribution in [3.63, 3.8) is 0 Å². The monoisotopic (exact) mass is 905 g/mol. The van der Waals surface area contributed by atoms with E-state index in [4.69, 9.17) is 14.2 Å². The summed E-state index contributed by atoms with van der Waals surface area (Å²) < 4.78 is 16.8. The summed E-state index contributed by atoms with van der Waals surface area (Å²) in [5.74, 6) is 1.61. The van der Waals surface area contributed by atoms with Crippen LogP contribution in [0.5, 0.6) is 0 Å². The van der Waals surface area contributed by atoms with E-state index in [1.54, 1.807) is 0 Å². The lowest BCUT2D eigenvalue weighted by Crippen LogP contribution is -2.30. The number of carbonyl (C=O) groups excluding carboxylic acids is 3. The second-order valence-electron chi connectivity index (χ2n) is 21.4. The van der Waals surface area contributed by atoms with Crippen molar-refractivity contribution in [1.82, 2.24) is 0 Å². The molecule has 0 unspecified atom stereocenters. The van der Waals surface area contributed by atoms with Crippen molar-refractivity contribution >= 4 is 17.9 Å². The van der Waals surface area contributed by atoms with Crippen LogP contribution in [-0.4, -0.2) is 37.2 Å². The average molecular weight is 906 g/mol. The zero-order valence-electron chi connectivity index (χ0n) is 44.1. The molecule has 0 rings (SSSR count). The van der Waals surface area contributed by atoms with Gasteiger partial charge in [0.25, 0.3) is 0 Å². The van der Waals surface area contributed by atoms with E-state index in [1.165, 1.54) is 199 Å². The predicted molar refractivity (Wildman–Crippen MR) is 275 cm³/mol. The first-order valence-corrected chi connectivity index (χ1v) is 28.6. The molecule has 0 bridgehead atoms. The van der Waals surface area contributed by atoms with Gasteiger partial charge in [-0.3, -0.25) is 14.4 Å². The highest BCUT2D eigenvalue weighted by Crippen LogP contribution is 2.18. The molecule has 0 heterocycles. The number of hydrogen-bond acceptors (Lipinski definition) is 6. The molecular formula is C58H112O6. The van der Waals surface area contributed by atoms with Crippen molar-refractivity contribution in [2.45, 2.75) is 324 Å². The van der Waals surface area contributed by atoms with Crippen LogP contribution in [0.2, 0.25) is 0 Å². The molecule has 0 saturated heterocycles. The quantitative estimate of drug-likeness (QED) is 0.0344. The van der Waals surface area contributed by atoms with Gasteiger partial charge < -0.3 is 14.2 Å². The summed E-state index contributed by atoms with van der Waals surface area (Å²) in [5.41, 5.74) is 0. The molecule has 0 fully saturated rings. The molecule has 380 valence electrons. The van der Waals surface area contributed by atoms with Gasteiger partial charge in [0, 0.05) is 19.3 Å². The molecule has 0 aromatic rings. The van der Waals surface area contributed by atoms with Crippen LogP contribution in [0.15, 0.2) is 0 Å². The fourth-order valence-corrected chi connectivity index (χ4v) is 8.82. The number of unbranched alkanes of at least 4 members (excludes halogenated alkanes) is 34. The third-order valence-corrected chi connectivity index (χ3v) is 13.1. The summed E-state index contributed by atoms with van der Waals surface area (Å²) >= 11 is 0. The van der Waals surface area contributed by atoms with Crippen LogP contribution in [0.4, 0.5) is 0 Å². The standard InChI is InChI=1S/C58H112O6/c1-52(2)44-38-32-26-22-18-14-11-9-7-8-10-12-16-20-24-28-35-41-47-56(59)62-50-55(51-63-57(60)48-42-36-31-30-34-40-46-54(5)6)64-58(61)49-43-37-29-25-21-17-13-15-19-23-27-33-39-45-53(3)4/h52-55H,7-51H2,1-6H3/t55-/m1/s1. The normalized spacial score (nSPS) is 12.1. The Kier molecular flexibility index (Phi) is 48.1. The van der Waals surface area contributed by atoms with Gasteiger partial charge in [0.2, 0.25) is 0 Å². The minimum atomic E-state index is -0.763. The second kappa shape index (κ2) is 49.3. The summed E-state index contributed by atoms with van der Waals surface area (Å²) in [7, 11) is 0. The van der Waals surface area contributed by atoms with Crippen molar-refractivity contribution < 1.29 is 28.6 Å². The summed E-state index contributed by atoms with van der Waals surface area (Å²) in [4.78, 5) is 38.0. The van der Waals surface area contributed by atoms with Crippen molar-refractivity contribution in [1.29, 1.82) is 0 Å². The molecule has 0 aliphatic carbocycles. The zero-order valence-corrected chi connectivity index (χ0v) is 44.1. The van der Waals surface area contributed by atoms with Gasteiger partial charge in [0.15, 0.2) is 6.10 Å². The van der Waals surface area contributed by atoms with E-state index in [0.29, 0.717) is 19.3 Å². The third-order valence-electron chi connectivity index (χ3n) is 13.1. The third kappa shape index (κ3) is 51.4. The van der Waals surface area contributed by atoms with E-state index in [0.717, 1.165) is 75.5 Å². The van der Waals surface area contributed by atoms with Gasteiger partial charge in [-0.1, -0.05) is 279 Å². The van der Waals surface area contributed by atoms with E-state index in [9.17, 15) is 14.4 Å².